The Morgan fingerprint density at radius 1 is 1.32 bits per heavy atom. The monoisotopic (exact) mass is 300 g/mol. The first-order valence-electron chi connectivity index (χ1n) is 6.06. The zero-order chi connectivity index (χ0) is 14.0. The third kappa shape index (κ3) is 3.61. The van der Waals surface area contributed by atoms with E-state index in [1.54, 1.807) is 0 Å². The van der Waals surface area contributed by atoms with Gasteiger partial charge in [-0.2, -0.15) is 0 Å². The normalized spacial score (nSPS) is 14.2. The maximum Gasteiger partial charge on any atom is 0.252 e. The molecule has 1 aliphatic rings. The van der Waals surface area contributed by atoms with E-state index in [0.717, 1.165) is 12.3 Å². The van der Waals surface area contributed by atoms with Gasteiger partial charge in [0.2, 0.25) is 0 Å². The molecule has 6 heteroatoms. The van der Waals surface area contributed by atoms with E-state index in [-0.39, 0.29) is 22.1 Å². The van der Waals surface area contributed by atoms with E-state index in [9.17, 15) is 9.59 Å². The molecule has 0 aliphatic heterocycles. The Labute approximate surface area is 121 Å². The summed E-state index contributed by atoms with van der Waals surface area (Å²) in [4.78, 5) is 23.4. The summed E-state index contributed by atoms with van der Waals surface area (Å²) in [5.41, 5.74) is 5.38. The molecule has 19 heavy (non-hydrogen) atoms. The molecule has 2 rings (SSSR count). The zero-order valence-corrected chi connectivity index (χ0v) is 11.7. The van der Waals surface area contributed by atoms with Crippen molar-refractivity contribution in [2.45, 2.75) is 19.3 Å². The number of nitrogens with two attached hydrogens (primary N) is 1. The lowest BCUT2D eigenvalue weighted by atomic mass is 10.1. The Morgan fingerprint density at radius 3 is 2.58 bits per heavy atom. The van der Waals surface area contributed by atoms with Crippen LogP contribution in [0, 0.1) is 5.92 Å². The van der Waals surface area contributed by atoms with Crippen molar-refractivity contribution >= 4 is 35.0 Å². The number of primary amides is 1. The van der Waals surface area contributed by atoms with Gasteiger partial charge in [-0.25, -0.2) is 0 Å². The molecule has 0 spiro atoms. The second-order valence-corrected chi connectivity index (χ2v) is 5.51. The molecule has 0 saturated heterocycles. The molecule has 1 aromatic rings. The van der Waals surface area contributed by atoms with Crippen LogP contribution in [0.4, 0.5) is 0 Å². The van der Waals surface area contributed by atoms with Gasteiger partial charge >= 0.3 is 0 Å². The summed E-state index contributed by atoms with van der Waals surface area (Å²) in [6.45, 7) is 0.575. The van der Waals surface area contributed by atoms with E-state index in [0.29, 0.717) is 11.6 Å². The minimum atomic E-state index is -0.742. The van der Waals surface area contributed by atoms with Crippen molar-refractivity contribution in [2.75, 3.05) is 6.54 Å². The third-order valence-corrected chi connectivity index (χ3v) is 3.60. The van der Waals surface area contributed by atoms with Gasteiger partial charge in [-0.15, -0.1) is 0 Å². The first kappa shape index (κ1) is 14.2. The Kier molecular flexibility index (Phi) is 4.32. The van der Waals surface area contributed by atoms with Crippen molar-refractivity contribution in [2.24, 2.45) is 11.7 Å². The largest absolute Gasteiger partial charge is 0.366 e. The van der Waals surface area contributed by atoms with Gasteiger partial charge in [-0.3, -0.25) is 9.59 Å². The van der Waals surface area contributed by atoms with Crippen LogP contribution >= 0.6 is 23.2 Å². The maximum atomic E-state index is 12.0. The molecular formula is C13H14Cl2N2O2. The summed E-state index contributed by atoms with van der Waals surface area (Å²) in [5.74, 6) is -0.397. The standard InChI is InChI=1S/C13H14Cl2N2O2/c14-8-5-9(11(12(16)18)10(15)6-8)13(19)17-4-3-7-1-2-7/h5-7H,1-4H2,(H2,16,18)(H,17,19). The summed E-state index contributed by atoms with van der Waals surface area (Å²) >= 11 is 11.8. The Hall–Kier alpha value is -1.26. The van der Waals surface area contributed by atoms with Crippen LogP contribution in [0.2, 0.25) is 10.0 Å². The van der Waals surface area contributed by atoms with Crippen LogP contribution in [-0.4, -0.2) is 18.4 Å². The van der Waals surface area contributed by atoms with Crippen LogP contribution in [0.1, 0.15) is 40.0 Å². The Bertz CT molecular complexity index is 528. The van der Waals surface area contributed by atoms with Crippen LogP contribution in [0.25, 0.3) is 0 Å². The predicted molar refractivity (Wildman–Crippen MR) is 74.7 cm³/mol. The first-order valence-corrected chi connectivity index (χ1v) is 6.81. The third-order valence-electron chi connectivity index (χ3n) is 3.08. The summed E-state index contributed by atoms with van der Waals surface area (Å²) in [7, 11) is 0. The van der Waals surface area contributed by atoms with Crippen molar-refractivity contribution in [1.82, 2.24) is 5.32 Å². The Morgan fingerprint density at radius 2 is 2.00 bits per heavy atom. The highest BCUT2D eigenvalue weighted by atomic mass is 35.5. The minimum Gasteiger partial charge on any atom is -0.366 e. The van der Waals surface area contributed by atoms with E-state index in [2.05, 4.69) is 5.32 Å². The molecule has 0 bridgehead atoms. The van der Waals surface area contributed by atoms with Gasteiger partial charge in [0, 0.05) is 11.6 Å². The average Bonchev–Trinajstić information content (AvgIpc) is 3.11. The lowest BCUT2D eigenvalue weighted by Gasteiger charge is -2.10. The number of benzene rings is 1. The van der Waals surface area contributed by atoms with Gasteiger partial charge < -0.3 is 11.1 Å². The highest BCUT2D eigenvalue weighted by Crippen LogP contribution is 2.31. The van der Waals surface area contributed by atoms with Crippen LogP contribution in [0.3, 0.4) is 0 Å². The van der Waals surface area contributed by atoms with Crippen molar-refractivity contribution in [3.8, 4) is 0 Å². The lowest BCUT2D eigenvalue weighted by Crippen LogP contribution is -2.28. The van der Waals surface area contributed by atoms with Crippen LogP contribution in [0.15, 0.2) is 12.1 Å². The number of halogens is 2. The molecule has 3 N–H and O–H groups in total. The van der Waals surface area contributed by atoms with Gasteiger partial charge in [0.1, 0.15) is 0 Å². The number of hydrogen-bond donors (Lipinski definition) is 2. The molecule has 1 saturated carbocycles. The molecule has 102 valence electrons. The van der Waals surface area contributed by atoms with Gasteiger partial charge in [0.15, 0.2) is 0 Å². The molecule has 4 nitrogen and oxygen atoms in total. The quantitative estimate of drug-likeness (QED) is 0.877. The molecule has 1 fully saturated rings. The van der Waals surface area contributed by atoms with E-state index < -0.39 is 5.91 Å². The van der Waals surface area contributed by atoms with Crippen molar-refractivity contribution in [3.63, 3.8) is 0 Å². The molecular weight excluding hydrogens is 287 g/mol. The van der Waals surface area contributed by atoms with Crippen molar-refractivity contribution < 1.29 is 9.59 Å². The van der Waals surface area contributed by atoms with E-state index in [4.69, 9.17) is 28.9 Å². The number of nitrogens with one attached hydrogen (secondary N) is 1. The smallest absolute Gasteiger partial charge is 0.252 e. The van der Waals surface area contributed by atoms with Crippen LogP contribution in [0.5, 0.6) is 0 Å². The number of amides is 2. The molecule has 0 unspecified atom stereocenters. The topological polar surface area (TPSA) is 72.2 Å². The van der Waals surface area contributed by atoms with Crippen LogP contribution in [-0.2, 0) is 0 Å². The van der Waals surface area contributed by atoms with Gasteiger partial charge in [0.05, 0.1) is 16.1 Å². The molecule has 0 atom stereocenters. The fraction of sp³-hybridized carbons (Fsp3) is 0.385. The summed E-state index contributed by atoms with van der Waals surface area (Å²) < 4.78 is 0. The zero-order valence-electron chi connectivity index (χ0n) is 10.2. The SMILES string of the molecule is NC(=O)c1c(Cl)cc(Cl)cc1C(=O)NCCC1CC1. The summed E-state index contributed by atoms with van der Waals surface area (Å²) in [6.07, 6.45) is 3.41. The summed E-state index contributed by atoms with van der Waals surface area (Å²) in [5, 5.41) is 3.14. The second-order valence-electron chi connectivity index (χ2n) is 4.66. The number of carbonyl (C=O) groups is 2. The van der Waals surface area contributed by atoms with Gasteiger partial charge in [0.25, 0.3) is 11.8 Å². The van der Waals surface area contributed by atoms with Gasteiger partial charge in [-0.05, 0) is 24.5 Å². The van der Waals surface area contributed by atoms with Crippen molar-refractivity contribution in [1.29, 1.82) is 0 Å². The fourth-order valence-electron chi connectivity index (χ4n) is 1.89. The average molecular weight is 301 g/mol. The van der Waals surface area contributed by atoms with Crippen LogP contribution < -0.4 is 11.1 Å². The fourth-order valence-corrected chi connectivity index (χ4v) is 2.48. The Balaban J connectivity index is 2.16. The molecule has 0 radical (unpaired) electrons. The van der Waals surface area contributed by atoms with E-state index in [1.807, 2.05) is 0 Å². The first-order chi connectivity index (χ1) is 8.99. The molecule has 1 aliphatic carbocycles. The predicted octanol–water partition coefficient (Wildman–Crippen LogP) is 2.62. The highest BCUT2D eigenvalue weighted by Gasteiger charge is 2.22. The van der Waals surface area contributed by atoms with E-state index in [1.165, 1.54) is 25.0 Å². The molecule has 0 aromatic heterocycles. The van der Waals surface area contributed by atoms with Gasteiger partial charge in [-0.1, -0.05) is 36.0 Å². The number of hydrogen-bond acceptors (Lipinski definition) is 2. The molecule has 1 aromatic carbocycles. The maximum absolute atomic E-state index is 12.0. The number of rotatable bonds is 5. The molecule has 2 amide bonds. The van der Waals surface area contributed by atoms with E-state index >= 15 is 0 Å². The lowest BCUT2D eigenvalue weighted by molar-refractivity contribution is 0.0935. The number of carbonyl (C=O) groups excluding carboxylic acids is 2. The minimum absolute atomic E-state index is 0.00925. The highest BCUT2D eigenvalue weighted by molar-refractivity contribution is 6.37. The molecule has 0 heterocycles. The summed E-state index contributed by atoms with van der Waals surface area (Å²) in [6, 6.07) is 2.80. The van der Waals surface area contributed by atoms with Crippen molar-refractivity contribution in [3.05, 3.63) is 33.3 Å². The second kappa shape index (κ2) is 5.80.